The van der Waals surface area contributed by atoms with Gasteiger partial charge in [-0.05, 0) is 103 Å². The fourth-order valence-electron chi connectivity index (χ4n) is 7.65. The molecule has 2 heterocycles. The molecule has 0 aromatic heterocycles. The quantitative estimate of drug-likeness (QED) is 0.358. The number of rotatable bonds is 1. The van der Waals surface area contributed by atoms with E-state index in [0.717, 1.165) is 68.1 Å². The normalized spacial score (nSPS) is 33.9. The van der Waals surface area contributed by atoms with E-state index in [1.807, 2.05) is 18.2 Å². The molecular weight excluding hydrogens is 532 g/mol. The predicted molar refractivity (Wildman–Crippen MR) is 155 cm³/mol. The summed E-state index contributed by atoms with van der Waals surface area (Å²) in [5.74, 6) is 1.86. The summed E-state index contributed by atoms with van der Waals surface area (Å²) in [6.07, 6.45) is 8.59. The zero-order valence-electron chi connectivity index (χ0n) is 22.3. The Morgan fingerprint density at radius 3 is 2.87 bits per heavy atom. The Kier molecular flexibility index (Phi) is 6.52. The summed E-state index contributed by atoms with van der Waals surface area (Å²) in [6, 6.07) is 11.9. The minimum atomic E-state index is -1.99. The average Bonchev–Trinajstić information content (AvgIpc) is 3.05. The molecule has 6 nitrogen and oxygen atoms in total. The maximum atomic E-state index is 13.2. The lowest BCUT2D eigenvalue weighted by Crippen LogP contribution is -2.50. The average molecular weight is 567 g/mol. The van der Waals surface area contributed by atoms with Gasteiger partial charge in [-0.1, -0.05) is 23.7 Å². The summed E-state index contributed by atoms with van der Waals surface area (Å²) >= 11 is 6.40. The number of hydrogen-bond acceptors (Lipinski definition) is 5. The van der Waals surface area contributed by atoms with Crippen LogP contribution in [0.5, 0.6) is 5.75 Å². The van der Waals surface area contributed by atoms with E-state index in [1.54, 1.807) is 13.2 Å². The van der Waals surface area contributed by atoms with Crippen LogP contribution in [0.2, 0.25) is 5.02 Å². The van der Waals surface area contributed by atoms with Gasteiger partial charge in [-0.2, -0.15) is 4.36 Å². The minimum absolute atomic E-state index is 0.0325. The van der Waals surface area contributed by atoms with E-state index in [-0.39, 0.29) is 17.4 Å². The molecule has 7 rings (SSSR count). The summed E-state index contributed by atoms with van der Waals surface area (Å²) in [4.78, 5) is 15.6. The summed E-state index contributed by atoms with van der Waals surface area (Å²) in [5.41, 5.74) is 5.13. The highest BCUT2D eigenvalue weighted by molar-refractivity contribution is 7.75. The van der Waals surface area contributed by atoms with Crippen LogP contribution in [0.4, 0.5) is 5.69 Å². The monoisotopic (exact) mass is 566 g/mol. The third-order valence-electron chi connectivity index (χ3n) is 9.88. The summed E-state index contributed by atoms with van der Waals surface area (Å²) in [5, 5.41) is 0.777. The number of methoxy groups -OCH3 is 1. The van der Waals surface area contributed by atoms with Gasteiger partial charge in [0.05, 0.1) is 18.4 Å². The Balaban J connectivity index is 1.33. The molecule has 39 heavy (non-hydrogen) atoms. The van der Waals surface area contributed by atoms with Crippen molar-refractivity contribution in [3.8, 4) is 5.75 Å². The predicted octanol–water partition coefficient (Wildman–Crippen LogP) is 5.62. The largest absolute Gasteiger partial charge is 0.490 e. The molecule has 8 heteroatoms. The van der Waals surface area contributed by atoms with Gasteiger partial charge in [0.1, 0.15) is 5.75 Å². The number of benzene rings is 2. The Morgan fingerprint density at radius 1 is 1.21 bits per heavy atom. The lowest BCUT2D eigenvalue weighted by atomic mass is 9.65. The Bertz CT molecular complexity index is 1450. The van der Waals surface area contributed by atoms with E-state index in [1.165, 1.54) is 16.7 Å². The first-order valence-electron chi connectivity index (χ1n) is 14.2. The number of aryl methyl sites for hydroxylation is 1. The van der Waals surface area contributed by atoms with Gasteiger partial charge in [-0.25, -0.2) is 0 Å². The highest BCUT2D eigenvalue weighted by Crippen LogP contribution is 2.49. The number of thiol groups is 1. The first kappa shape index (κ1) is 25.6. The molecule has 1 saturated carbocycles. The molecular formula is C31H35ClN2O4S. The van der Waals surface area contributed by atoms with Crippen molar-refractivity contribution in [1.82, 2.24) is 0 Å². The lowest BCUT2D eigenvalue weighted by Gasteiger charge is -2.48. The second kappa shape index (κ2) is 9.93. The number of carbonyl (C=O) groups excluding carboxylic acids is 1. The van der Waals surface area contributed by atoms with E-state index >= 15 is 0 Å². The fraction of sp³-hybridized carbons (Fsp3) is 0.516. The molecule has 0 radical (unpaired) electrons. The number of hydrogen-bond donors (Lipinski definition) is 1. The van der Waals surface area contributed by atoms with Crippen molar-refractivity contribution in [2.24, 2.45) is 22.1 Å². The molecule has 2 aliphatic heterocycles. The van der Waals surface area contributed by atoms with Crippen LogP contribution in [-0.2, 0) is 27.2 Å². The lowest BCUT2D eigenvalue weighted by molar-refractivity contribution is -0.00145. The molecule has 0 N–H and O–H groups in total. The highest BCUT2D eigenvalue weighted by atomic mass is 35.5. The van der Waals surface area contributed by atoms with Crippen LogP contribution >= 0.6 is 11.6 Å². The van der Waals surface area contributed by atoms with Crippen molar-refractivity contribution in [1.29, 1.82) is 0 Å². The van der Waals surface area contributed by atoms with Crippen molar-refractivity contribution in [3.63, 3.8) is 0 Å². The molecule has 1 fully saturated rings. The number of carbonyl (C=O) groups is 1. The van der Waals surface area contributed by atoms with Crippen LogP contribution in [-0.4, -0.2) is 48.8 Å². The van der Waals surface area contributed by atoms with Crippen molar-refractivity contribution in [2.75, 3.05) is 37.5 Å². The number of allylic oxidation sites excluding steroid dienone is 1. The Morgan fingerprint density at radius 2 is 2.10 bits per heavy atom. The van der Waals surface area contributed by atoms with Crippen LogP contribution in [0.3, 0.4) is 0 Å². The highest BCUT2D eigenvalue weighted by Gasteiger charge is 2.46. The SMILES string of the molecule is CO[C@H]1C2=CC[C@@H]2C/[SH](=O)=N\C(=O)c2ccc3c(c2)N(C[C@@H]2CC[C@H]21)C[C@@]1(CCCc2cc(Cl)ccc21)CO3. The molecule has 1 spiro atoms. The van der Waals surface area contributed by atoms with Gasteiger partial charge in [0.2, 0.25) is 0 Å². The first-order chi connectivity index (χ1) is 18.9. The minimum Gasteiger partial charge on any atom is -0.490 e. The van der Waals surface area contributed by atoms with Crippen LogP contribution in [0.1, 0.15) is 53.6 Å². The van der Waals surface area contributed by atoms with E-state index in [4.69, 9.17) is 21.1 Å². The number of anilines is 1. The molecule has 1 amide bonds. The zero-order chi connectivity index (χ0) is 26.7. The van der Waals surface area contributed by atoms with Crippen LogP contribution in [0.15, 0.2) is 52.4 Å². The van der Waals surface area contributed by atoms with E-state index in [0.29, 0.717) is 29.8 Å². The van der Waals surface area contributed by atoms with Crippen molar-refractivity contribution < 1.29 is 18.5 Å². The number of amides is 1. The first-order valence-corrected chi connectivity index (χ1v) is 16.0. The number of fused-ring (bicyclic) bond motifs is 5. The van der Waals surface area contributed by atoms with Gasteiger partial charge in [0.25, 0.3) is 5.91 Å². The third kappa shape index (κ3) is 4.41. The molecule has 2 aromatic rings. The number of ether oxygens (including phenoxy) is 2. The molecule has 6 atom stereocenters. The van der Waals surface area contributed by atoms with Gasteiger partial charge in [-0.15, -0.1) is 0 Å². The molecule has 3 aliphatic carbocycles. The van der Waals surface area contributed by atoms with Gasteiger partial charge in [0, 0.05) is 52.5 Å². The molecule has 1 unspecified atom stereocenters. The van der Waals surface area contributed by atoms with E-state index in [2.05, 4.69) is 27.5 Å². The second-order valence-electron chi connectivity index (χ2n) is 12.0. The van der Waals surface area contributed by atoms with Crippen molar-refractivity contribution >= 4 is 33.8 Å². The fourth-order valence-corrected chi connectivity index (χ4v) is 8.98. The summed E-state index contributed by atoms with van der Waals surface area (Å²) in [7, 11) is -0.190. The van der Waals surface area contributed by atoms with Crippen LogP contribution < -0.4 is 9.64 Å². The maximum absolute atomic E-state index is 13.2. The van der Waals surface area contributed by atoms with Gasteiger partial charge in [-0.3, -0.25) is 9.00 Å². The molecule has 0 saturated heterocycles. The smallest absolute Gasteiger partial charge is 0.284 e. The summed E-state index contributed by atoms with van der Waals surface area (Å²) in [6.45, 7) is 2.27. The Labute approximate surface area is 236 Å². The zero-order valence-corrected chi connectivity index (χ0v) is 23.9. The standard InChI is InChI=1S/C31H35ClN2O4S/c1-37-29-24-8-4-21(24)15-34-17-31(12-2-3-19-13-23(32)7-10-26(19)31)18-38-28-11-6-20(14-27(28)34)30(35)33-39(36)16-22-5-9-25(22)29/h6-7,9-11,13-14,21-22,24,29,39H,2-5,8,12,15-18H2,1H3/t21-,22+,24+,29+,31-/m0/s1. The van der Waals surface area contributed by atoms with Crippen molar-refractivity contribution in [3.05, 3.63) is 69.8 Å². The van der Waals surface area contributed by atoms with Gasteiger partial charge < -0.3 is 14.4 Å². The van der Waals surface area contributed by atoms with E-state index < -0.39 is 16.5 Å². The third-order valence-corrected chi connectivity index (χ3v) is 11.3. The summed E-state index contributed by atoms with van der Waals surface area (Å²) < 4.78 is 29.7. The maximum Gasteiger partial charge on any atom is 0.284 e. The second-order valence-corrected chi connectivity index (χ2v) is 13.7. The molecule has 2 aromatic carbocycles. The van der Waals surface area contributed by atoms with Crippen LogP contribution in [0, 0.1) is 17.8 Å². The molecule has 2 bridgehead atoms. The van der Waals surface area contributed by atoms with E-state index in [9.17, 15) is 9.00 Å². The Hall–Kier alpha value is -2.35. The number of halogens is 1. The molecule has 206 valence electrons. The topological polar surface area (TPSA) is 68.2 Å². The van der Waals surface area contributed by atoms with Gasteiger partial charge in [0.15, 0.2) is 0 Å². The van der Waals surface area contributed by atoms with Crippen molar-refractivity contribution in [2.45, 2.75) is 50.0 Å². The van der Waals surface area contributed by atoms with Gasteiger partial charge >= 0.3 is 0 Å². The number of nitrogens with zero attached hydrogens (tertiary/aromatic N) is 2. The van der Waals surface area contributed by atoms with Crippen LogP contribution in [0.25, 0.3) is 0 Å². The molecule has 5 aliphatic rings.